The lowest BCUT2D eigenvalue weighted by molar-refractivity contribution is 0.306. The molecule has 0 saturated carbocycles. The highest BCUT2D eigenvalue weighted by Gasteiger charge is 2.13. The highest BCUT2D eigenvalue weighted by molar-refractivity contribution is 14.0. The fourth-order valence-corrected chi connectivity index (χ4v) is 1.44. The molecule has 0 aliphatic carbocycles. The van der Waals surface area contributed by atoms with E-state index < -0.39 is 0 Å². The molecule has 0 aromatic heterocycles. The van der Waals surface area contributed by atoms with E-state index in [1.165, 1.54) is 12.1 Å². The highest BCUT2D eigenvalue weighted by atomic mass is 127. The van der Waals surface area contributed by atoms with Gasteiger partial charge < -0.3 is 16.4 Å². The van der Waals surface area contributed by atoms with Gasteiger partial charge in [-0.2, -0.15) is 0 Å². The van der Waals surface area contributed by atoms with Crippen molar-refractivity contribution in [3.63, 3.8) is 0 Å². The van der Waals surface area contributed by atoms with E-state index in [1.54, 1.807) is 12.1 Å². The van der Waals surface area contributed by atoms with E-state index in [9.17, 15) is 4.39 Å². The van der Waals surface area contributed by atoms with E-state index in [1.807, 2.05) is 19.0 Å². The van der Waals surface area contributed by atoms with Crippen LogP contribution in [-0.2, 0) is 0 Å². The van der Waals surface area contributed by atoms with E-state index in [0.717, 1.165) is 5.56 Å². The third kappa shape index (κ3) is 5.31. The summed E-state index contributed by atoms with van der Waals surface area (Å²) in [6, 6.07) is 6.38. The number of rotatable bonds is 4. The lowest BCUT2D eigenvalue weighted by Crippen LogP contribution is -2.27. The van der Waals surface area contributed by atoms with Gasteiger partial charge in [-0.1, -0.05) is 12.1 Å². The molecule has 17 heavy (non-hydrogen) atoms. The molecule has 6 heteroatoms. The molecule has 4 nitrogen and oxygen atoms in total. The van der Waals surface area contributed by atoms with Gasteiger partial charge in [0.15, 0.2) is 5.96 Å². The topological polar surface area (TPSA) is 67.6 Å². The van der Waals surface area contributed by atoms with Crippen molar-refractivity contribution < 1.29 is 4.39 Å². The Morgan fingerprint density at radius 2 is 1.82 bits per heavy atom. The van der Waals surface area contributed by atoms with Crippen LogP contribution < -0.4 is 11.5 Å². The molecule has 0 fully saturated rings. The van der Waals surface area contributed by atoms with E-state index in [-0.39, 0.29) is 41.8 Å². The normalized spacial score (nSPS) is 11.8. The second kappa shape index (κ2) is 7.44. The van der Waals surface area contributed by atoms with Crippen LogP contribution in [0.2, 0.25) is 0 Å². The molecule has 0 saturated heterocycles. The van der Waals surface area contributed by atoms with Gasteiger partial charge in [0.25, 0.3) is 0 Å². The molecule has 0 aliphatic rings. The van der Waals surface area contributed by atoms with Crippen molar-refractivity contribution in [2.75, 3.05) is 20.6 Å². The molecule has 0 radical (unpaired) electrons. The lowest BCUT2D eigenvalue weighted by atomic mass is 10.1. The summed E-state index contributed by atoms with van der Waals surface area (Å²) in [6.07, 6.45) is 0. The van der Waals surface area contributed by atoms with E-state index in [0.29, 0.717) is 6.54 Å². The number of aliphatic imine (C=N–C) groups is 1. The average molecular weight is 352 g/mol. The van der Waals surface area contributed by atoms with Gasteiger partial charge in [0.05, 0.1) is 12.6 Å². The Labute approximate surface area is 118 Å². The maximum atomic E-state index is 12.8. The largest absolute Gasteiger partial charge is 0.370 e. The van der Waals surface area contributed by atoms with Crippen LogP contribution in [0.3, 0.4) is 0 Å². The summed E-state index contributed by atoms with van der Waals surface area (Å²) in [4.78, 5) is 5.97. The zero-order valence-electron chi connectivity index (χ0n) is 9.93. The molecule has 0 bridgehead atoms. The van der Waals surface area contributed by atoms with Crippen LogP contribution in [0.25, 0.3) is 0 Å². The van der Waals surface area contributed by atoms with Gasteiger partial charge in [-0.15, -0.1) is 24.0 Å². The molecular formula is C11H18FIN4. The van der Waals surface area contributed by atoms with Crippen LogP contribution in [0.15, 0.2) is 29.3 Å². The number of nitrogens with zero attached hydrogens (tertiary/aromatic N) is 2. The van der Waals surface area contributed by atoms with Crippen molar-refractivity contribution in [1.82, 2.24) is 4.90 Å². The Balaban J connectivity index is 0.00000256. The average Bonchev–Trinajstić information content (AvgIpc) is 2.20. The predicted octanol–water partition coefficient (Wildman–Crippen LogP) is 1.32. The first-order valence-electron chi connectivity index (χ1n) is 4.98. The maximum Gasteiger partial charge on any atom is 0.185 e. The van der Waals surface area contributed by atoms with Gasteiger partial charge in [0.2, 0.25) is 0 Å². The number of guanidine groups is 1. The summed E-state index contributed by atoms with van der Waals surface area (Å²) in [5, 5.41) is 0. The third-order valence-corrected chi connectivity index (χ3v) is 2.32. The first-order valence-corrected chi connectivity index (χ1v) is 4.98. The summed E-state index contributed by atoms with van der Waals surface area (Å²) in [5.41, 5.74) is 11.6. The molecule has 4 N–H and O–H groups in total. The van der Waals surface area contributed by atoms with Crippen molar-refractivity contribution in [3.05, 3.63) is 35.6 Å². The third-order valence-electron chi connectivity index (χ3n) is 2.32. The summed E-state index contributed by atoms with van der Waals surface area (Å²) in [5.74, 6) is -0.183. The Hall–Kier alpha value is -0.890. The Kier molecular flexibility index (Phi) is 7.05. The van der Waals surface area contributed by atoms with Crippen LogP contribution in [0, 0.1) is 5.82 Å². The molecule has 1 aromatic rings. The molecule has 0 amide bonds. The Morgan fingerprint density at radius 1 is 1.29 bits per heavy atom. The second-order valence-electron chi connectivity index (χ2n) is 3.80. The Morgan fingerprint density at radius 3 is 2.24 bits per heavy atom. The monoisotopic (exact) mass is 352 g/mol. The fourth-order valence-electron chi connectivity index (χ4n) is 1.44. The fraction of sp³-hybridized carbons (Fsp3) is 0.364. The van der Waals surface area contributed by atoms with Crippen molar-refractivity contribution >= 4 is 29.9 Å². The van der Waals surface area contributed by atoms with Gasteiger partial charge in [-0.25, -0.2) is 4.39 Å². The minimum Gasteiger partial charge on any atom is -0.370 e. The first kappa shape index (κ1) is 16.1. The minimum atomic E-state index is -0.247. The number of likely N-dealkylation sites (N-methyl/N-ethyl adjacent to an activating group) is 1. The van der Waals surface area contributed by atoms with Crippen LogP contribution in [-0.4, -0.2) is 31.5 Å². The van der Waals surface area contributed by atoms with E-state index in [2.05, 4.69) is 4.99 Å². The Bertz CT molecular complexity index is 360. The summed E-state index contributed by atoms with van der Waals surface area (Å²) in [6.45, 7) is 0.459. The number of hydrogen-bond donors (Lipinski definition) is 2. The smallest absolute Gasteiger partial charge is 0.185 e. The van der Waals surface area contributed by atoms with Crippen LogP contribution in [0.1, 0.15) is 11.6 Å². The van der Waals surface area contributed by atoms with Crippen molar-refractivity contribution in [1.29, 1.82) is 0 Å². The van der Waals surface area contributed by atoms with Crippen LogP contribution in [0.5, 0.6) is 0 Å². The van der Waals surface area contributed by atoms with Crippen molar-refractivity contribution in [3.8, 4) is 0 Å². The molecular weight excluding hydrogens is 334 g/mol. The standard InChI is InChI=1S/C11H17FN4.HI/c1-16(2)10(7-15-11(13)14)8-3-5-9(12)6-4-8;/h3-6,10H,7H2,1-2H3,(H4,13,14,15);1H. The molecule has 0 heterocycles. The molecule has 0 spiro atoms. The summed E-state index contributed by atoms with van der Waals surface area (Å²) >= 11 is 0. The number of halogens is 2. The molecule has 1 unspecified atom stereocenters. The van der Waals surface area contributed by atoms with Gasteiger partial charge in [0.1, 0.15) is 5.82 Å². The zero-order valence-corrected chi connectivity index (χ0v) is 12.3. The van der Waals surface area contributed by atoms with Gasteiger partial charge in [-0.05, 0) is 31.8 Å². The SMILES string of the molecule is CN(C)C(CN=C(N)N)c1ccc(F)cc1.I. The molecule has 1 aromatic carbocycles. The van der Waals surface area contributed by atoms with Gasteiger partial charge >= 0.3 is 0 Å². The van der Waals surface area contributed by atoms with E-state index in [4.69, 9.17) is 11.5 Å². The number of benzene rings is 1. The predicted molar refractivity (Wildman–Crippen MR) is 78.9 cm³/mol. The summed E-state index contributed by atoms with van der Waals surface area (Å²) < 4.78 is 12.8. The van der Waals surface area contributed by atoms with E-state index >= 15 is 0 Å². The van der Waals surface area contributed by atoms with Crippen molar-refractivity contribution in [2.45, 2.75) is 6.04 Å². The number of hydrogen-bond acceptors (Lipinski definition) is 2. The van der Waals surface area contributed by atoms with Crippen LogP contribution >= 0.6 is 24.0 Å². The van der Waals surface area contributed by atoms with Crippen molar-refractivity contribution in [2.24, 2.45) is 16.5 Å². The first-order chi connectivity index (χ1) is 7.50. The van der Waals surface area contributed by atoms with Gasteiger partial charge in [-0.3, -0.25) is 4.99 Å². The highest BCUT2D eigenvalue weighted by Crippen LogP contribution is 2.18. The second-order valence-corrected chi connectivity index (χ2v) is 3.80. The zero-order chi connectivity index (χ0) is 12.1. The van der Waals surface area contributed by atoms with Crippen LogP contribution in [0.4, 0.5) is 4.39 Å². The molecule has 1 atom stereocenters. The molecule has 0 aliphatic heterocycles. The lowest BCUT2D eigenvalue weighted by Gasteiger charge is -2.23. The minimum absolute atomic E-state index is 0. The summed E-state index contributed by atoms with van der Waals surface area (Å²) in [7, 11) is 3.85. The molecule has 1 rings (SSSR count). The number of nitrogens with two attached hydrogens (primary N) is 2. The quantitative estimate of drug-likeness (QED) is 0.488. The molecule has 96 valence electrons. The maximum absolute atomic E-state index is 12.8. The van der Waals surface area contributed by atoms with Gasteiger partial charge in [0, 0.05) is 0 Å².